The van der Waals surface area contributed by atoms with Crippen molar-refractivity contribution in [2.24, 2.45) is 5.92 Å². The zero-order valence-corrected chi connectivity index (χ0v) is 14.3. The summed E-state index contributed by atoms with van der Waals surface area (Å²) in [6.45, 7) is 3.23. The van der Waals surface area contributed by atoms with Crippen molar-refractivity contribution in [2.45, 2.75) is 25.7 Å². The number of benzene rings is 1. The molecule has 23 heavy (non-hydrogen) atoms. The van der Waals surface area contributed by atoms with Crippen molar-refractivity contribution in [3.63, 3.8) is 0 Å². The van der Waals surface area contributed by atoms with Crippen LogP contribution in [0.15, 0.2) is 42.5 Å². The number of nitrogens with zero attached hydrogens (tertiary/aromatic N) is 1. The number of aryl methyl sites for hydroxylation is 1. The van der Waals surface area contributed by atoms with E-state index in [1.165, 1.54) is 15.3 Å². The fourth-order valence-electron chi connectivity index (χ4n) is 3.03. The van der Waals surface area contributed by atoms with Gasteiger partial charge in [-0.3, -0.25) is 4.79 Å². The summed E-state index contributed by atoms with van der Waals surface area (Å²) in [4.78, 5) is 17.2. The number of aliphatic hydroxyl groups excluding tert-OH is 1. The molecule has 0 radical (unpaired) electrons. The number of carbonyl (C=O) groups is 1. The molecule has 1 aromatic heterocycles. The van der Waals surface area contributed by atoms with E-state index in [1.807, 2.05) is 23.1 Å². The molecule has 3 nitrogen and oxygen atoms in total. The van der Waals surface area contributed by atoms with Crippen LogP contribution in [-0.4, -0.2) is 35.6 Å². The number of thiophene rings is 1. The first-order chi connectivity index (χ1) is 11.2. The Morgan fingerprint density at radius 2 is 2.00 bits per heavy atom. The summed E-state index contributed by atoms with van der Waals surface area (Å²) < 4.78 is 0. The van der Waals surface area contributed by atoms with Crippen molar-refractivity contribution in [3.8, 4) is 0 Å². The zero-order chi connectivity index (χ0) is 16.2. The summed E-state index contributed by atoms with van der Waals surface area (Å²) in [7, 11) is 0. The second kappa shape index (κ2) is 7.28. The topological polar surface area (TPSA) is 40.5 Å². The fourth-order valence-corrected chi connectivity index (χ4v) is 4.09. The van der Waals surface area contributed by atoms with Crippen molar-refractivity contribution in [1.29, 1.82) is 0 Å². The molecule has 4 heteroatoms. The Balaban J connectivity index is 1.59. The van der Waals surface area contributed by atoms with Crippen LogP contribution in [0.4, 0.5) is 0 Å². The van der Waals surface area contributed by atoms with Gasteiger partial charge in [0.05, 0.1) is 6.61 Å². The van der Waals surface area contributed by atoms with Crippen LogP contribution >= 0.6 is 11.3 Å². The van der Waals surface area contributed by atoms with Gasteiger partial charge in [0.1, 0.15) is 0 Å². The Morgan fingerprint density at radius 1 is 1.22 bits per heavy atom. The molecule has 0 aliphatic heterocycles. The molecular formula is C19H23NO2S. The number of hydrogen-bond donors (Lipinski definition) is 1. The van der Waals surface area contributed by atoms with E-state index < -0.39 is 0 Å². The van der Waals surface area contributed by atoms with Gasteiger partial charge in [0.2, 0.25) is 5.91 Å². The average Bonchev–Trinajstić information content (AvgIpc) is 3.26. The largest absolute Gasteiger partial charge is 0.395 e. The van der Waals surface area contributed by atoms with Crippen LogP contribution in [0, 0.1) is 12.8 Å². The molecule has 1 N–H and O–H groups in total. The van der Waals surface area contributed by atoms with Gasteiger partial charge in [-0.05, 0) is 37.5 Å². The molecule has 1 saturated carbocycles. The van der Waals surface area contributed by atoms with Crippen LogP contribution in [0.5, 0.6) is 0 Å². The van der Waals surface area contributed by atoms with Gasteiger partial charge in [-0.2, -0.15) is 0 Å². The maximum absolute atomic E-state index is 12.7. The summed E-state index contributed by atoms with van der Waals surface area (Å²) in [6.07, 6.45) is 1.79. The van der Waals surface area contributed by atoms with E-state index in [0.717, 1.165) is 12.8 Å². The number of hydrogen-bond acceptors (Lipinski definition) is 3. The summed E-state index contributed by atoms with van der Waals surface area (Å²) in [6, 6.07) is 14.5. The quantitative estimate of drug-likeness (QED) is 0.847. The molecule has 122 valence electrons. The lowest BCUT2D eigenvalue weighted by molar-refractivity contribution is -0.133. The number of rotatable bonds is 7. The standard InChI is InChI=1S/C19H23NO2S/c1-14-7-8-18(23-14)16-13-17(16)19(22)20(11-12-21)10-9-15-5-3-2-4-6-15/h2-8,16-17,21H,9-13H2,1H3. The Kier molecular flexibility index (Phi) is 5.13. The molecule has 0 bridgehead atoms. The Labute approximate surface area is 141 Å². The molecule has 2 atom stereocenters. The monoisotopic (exact) mass is 329 g/mol. The Morgan fingerprint density at radius 3 is 2.65 bits per heavy atom. The first-order valence-corrected chi connectivity index (χ1v) is 9.00. The number of carbonyl (C=O) groups excluding carboxylic acids is 1. The van der Waals surface area contributed by atoms with Gasteiger partial charge in [-0.1, -0.05) is 30.3 Å². The van der Waals surface area contributed by atoms with Gasteiger partial charge in [0.25, 0.3) is 0 Å². The van der Waals surface area contributed by atoms with E-state index >= 15 is 0 Å². The predicted octanol–water partition coefficient (Wildman–Crippen LogP) is 3.22. The predicted molar refractivity (Wildman–Crippen MR) is 93.7 cm³/mol. The van der Waals surface area contributed by atoms with Crippen LogP contribution < -0.4 is 0 Å². The minimum absolute atomic E-state index is 0.0238. The second-order valence-electron chi connectivity index (χ2n) is 6.18. The molecule has 3 rings (SSSR count). The van der Waals surface area contributed by atoms with Gasteiger partial charge >= 0.3 is 0 Å². The Bertz CT molecular complexity index is 652. The average molecular weight is 329 g/mol. The third-order valence-corrected chi connectivity index (χ3v) is 5.56. The van der Waals surface area contributed by atoms with Crippen LogP contribution in [0.25, 0.3) is 0 Å². The summed E-state index contributed by atoms with van der Waals surface area (Å²) in [5.74, 6) is 0.695. The molecule has 0 saturated heterocycles. The first kappa shape index (κ1) is 16.2. The Hall–Kier alpha value is -1.65. The van der Waals surface area contributed by atoms with E-state index in [4.69, 9.17) is 0 Å². The maximum atomic E-state index is 12.7. The highest BCUT2D eigenvalue weighted by Crippen LogP contribution is 2.50. The maximum Gasteiger partial charge on any atom is 0.226 e. The minimum Gasteiger partial charge on any atom is -0.395 e. The first-order valence-electron chi connectivity index (χ1n) is 8.19. The molecule has 1 fully saturated rings. The van der Waals surface area contributed by atoms with Crippen LogP contribution in [0.2, 0.25) is 0 Å². The van der Waals surface area contributed by atoms with Gasteiger partial charge in [-0.25, -0.2) is 0 Å². The summed E-state index contributed by atoms with van der Waals surface area (Å²) >= 11 is 1.79. The smallest absolute Gasteiger partial charge is 0.226 e. The third kappa shape index (κ3) is 4.01. The second-order valence-corrected chi connectivity index (χ2v) is 7.50. The van der Waals surface area contributed by atoms with Gasteiger partial charge in [0, 0.05) is 34.7 Å². The molecule has 2 aromatic rings. The highest BCUT2D eigenvalue weighted by Gasteiger charge is 2.46. The lowest BCUT2D eigenvalue weighted by Gasteiger charge is -2.22. The highest BCUT2D eigenvalue weighted by atomic mass is 32.1. The van der Waals surface area contributed by atoms with Gasteiger partial charge in [0.15, 0.2) is 0 Å². The van der Waals surface area contributed by atoms with Crippen molar-refractivity contribution < 1.29 is 9.90 Å². The van der Waals surface area contributed by atoms with E-state index in [9.17, 15) is 9.90 Å². The fraction of sp³-hybridized carbons (Fsp3) is 0.421. The number of aliphatic hydroxyl groups is 1. The van der Waals surface area contributed by atoms with E-state index in [2.05, 4.69) is 31.2 Å². The van der Waals surface area contributed by atoms with E-state index in [-0.39, 0.29) is 18.4 Å². The van der Waals surface area contributed by atoms with Crippen LogP contribution in [0.1, 0.15) is 27.7 Å². The normalized spacial score (nSPS) is 19.6. The van der Waals surface area contributed by atoms with Crippen molar-refractivity contribution in [1.82, 2.24) is 4.90 Å². The zero-order valence-electron chi connectivity index (χ0n) is 13.4. The molecular weight excluding hydrogens is 306 g/mol. The molecule has 1 heterocycles. The molecule has 1 aromatic carbocycles. The molecule has 2 unspecified atom stereocenters. The SMILES string of the molecule is Cc1ccc(C2CC2C(=O)N(CCO)CCc2ccccc2)s1. The minimum atomic E-state index is 0.0238. The highest BCUT2D eigenvalue weighted by molar-refractivity contribution is 7.12. The van der Waals surface area contributed by atoms with E-state index in [1.54, 1.807) is 11.3 Å². The molecule has 1 aliphatic rings. The van der Waals surface area contributed by atoms with Crippen LogP contribution in [-0.2, 0) is 11.2 Å². The lowest BCUT2D eigenvalue weighted by Crippen LogP contribution is -2.36. The van der Waals surface area contributed by atoms with Crippen molar-refractivity contribution in [3.05, 3.63) is 57.8 Å². The summed E-state index contributed by atoms with van der Waals surface area (Å²) in [5, 5.41) is 9.28. The third-order valence-electron chi connectivity index (χ3n) is 4.43. The molecule has 0 spiro atoms. The van der Waals surface area contributed by atoms with Crippen molar-refractivity contribution >= 4 is 17.2 Å². The molecule has 1 aliphatic carbocycles. The van der Waals surface area contributed by atoms with Gasteiger partial charge < -0.3 is 10.0 Å². The molecule has 1 amide bonds. The van der Waals surface area contributed by atoms with E-state index in [0.29, 0.717) is 19.0 Å². The number of amides is 1. The van der Waals surface area contributed by atoms with Gasteiger partial charge in [-0.15, -0.1) is 11.3 Å². The lowest BCUT2D eigenvalue weighted by atomic mass is 10.1. The van der Waals surface area contributed by atoms with Crippen molar-refractivity contribution in [2.75, 3.05) is 19.7 Å². The summed E-state index contributed by atoms with van der Waals surface area (Å²) in [5.41, 5.74) is 1.23. The van der Waals surface area contributed by atoms with Crippen LogP contribution in [0.3, 0.4) is 0 Å².